The van der Waals surface area contributed by atoms with Gasteiger partial charge in [0.05, 0.1) is 0 Å². The van der Waals surface area contributed by atoms with Crippen LogP contribution in [0, 0.1) is 0 Å². The molecule has 0 fully saturated rings. The van der Waals surface area contributed by atoms with Crippen LogP contribution in [0.15, 0.2) is 0 Å². The minimum atomic E-state index is 0.316. The Bertz CT molecular complexity index is 42.2. The third-order valence-electron chi connectivity index (χ3n) is 0.498. The summed E-state index contributed by atoms with van der Waals surface area (Å²) in [6, 6.07) is 0. The summed E-state index contributed by atoms with van der Waals surface area (Å²) in [7, 11) is 0. The van der Waals surface area contributed by atoms with Gasteiger partial charge in [0.25, 0.3) is 0 Å². The molecule has 0 aromatic carbocycles. The van der Waals surface area contributed by atoms with Crippen molar-refractivity contribution in [3.05, 3.63) is 0 Å². The molecule has 0 rings (SSSR count). The molecule has 0 aliphatic carbocycles. The van der Waals surface area contributed by atoms with Crippen LogP contribution in [-0.4, -0.2) is 33.7 Å². The SMILES string of the molecule is CC(=O)[CH2][Na]. The predicted molar refractivity (Wildman–Crippen MR) is 21.2 cm³/mol. The molecule has 0 atom stereocenters. The molecule has 1 nitrogen and oxygen atoms in total. The van der Waals surface area contributed by atoms with Crippen molar-refractivity contribution in [1.82, 2.24) is 0 Å². The molecule has 0 heterocycles. The van der Waals surface area contributed by atoms with Gasteiger partial charge in [0, 0.05) is 0 Å². The molecular formula is C3H5NaO. The van der Waals surface area contributed by atoms with E-state index in [2.05, 4.69) is 0 Å². The average molecular weight is 80.1 g/mol. The number of Topliss-reactive ketones (excluding diaryl/α,β-unsaturated/α-hetero) is 1. The van der Waals surface area contributed by atoms with E-state index in [4.69, 9.17) is 0 Å². The summed E-state index contributed by atoms with van der Waals surface area (Å²) in [6.45, 7) is 1.62. The van der Waals surface area contributed by atoms with Crippen LogP contribution in [0.3, 0.4) is 0 Å². The Labute approximate surface area is 49.2 Å². The monoisotopic (exact) mass is 80.0 g/mol. The number of ketones is 1. The molecule has 0 aromatic rings. The Balaban J connectivity index is 2.85. The molecule has 0 unspecified atom stereocenters. The fourth-order valence-electron chi connectivity index (χ4n) is 0. The van der Waals surface area contributed by atoms with Gasteiger partial charge in [0.15, 0.2) is 0 Å². The molecule has 0 aromatic heterocycles. The van der Waals surface area contributed by atoms with Gasteiger partial charge >= 0.3 is 49.1 Å². The van der Waals surface area contributed by atoms with Crippen molar-refractivity contribution in [2.75, 3.05) is 0 Å². The van der Waals surface area contributed by atoms with Crippen molar-refractivity contribution in [2.24, 2.45) is 0 Å². The number of rotatable bonds is 1. The van der Waals surface area contributed by atoms with Gasteiger partial charge in [0.1, 0.15) is 0 Å². The van der Waals surface area contributed by atoms with E-state index in [1.165, 1.54) is 0 Å². The molecule has 0 amide bonds. The van der Waals surface area contributed by atoms with Crippen LogP contribution in [0.4, 0.5) is 0 Å². The molecule has 0 N–H and O–H groups in total. The van der Waals surface area contributed by atoms with E-state index in [9.17, 15) is 4.79 Å². The topological polar surface area (TPSA) is 17.1 Å². The molecule has 0 saturated carbocycles. The van der Waals surface area contributed by atoms with Gasteiger partial charge in [-0.2, -0.15) is 0 Å². The fourth-order valence-corrected chi connectivity index (χ4v) is 0. The van der Waals surface area contributed by atoms with Crippen LogP contribution in [0.5, 0.6) is 0 Å². The molecule has 0 aliphatic heterocycles. The van der Waals surface area contributed by atoms with E-state index < -0.39 is 0 Å². The summed E-state index contributed by atoms with van der Waals surface area (Å²) in [5.41, 5.74) is 0. The zero-order valence-electron chi connectivity index (χ0n) is 3.62. The summed E-state index contributed by atoms with van der Waals surface area (Å²) < 4.78 is 0.806. The second-order valence-electron chi connectivity index (χ2n) is 1.06. The van der Waals surface area contributed by atoms with Crippen LogP contribution in [0.2, 0.25) is 3.67 Å². The number of hydrogen-bond donors (Lipinski definition) is 0. The standard InChI is InChI=1S/C3H5O.Na/c1-3(2)4;/h1H2,2H3;. The van der Waals surface area contributed by atoms with E-state index in [1.807, 2.05) is 0 Å². The van der Waals surface area contributed by atoms with Crippen LogP contribution < -0.4 is 0 Å². The Morgan fingerprint density at radius 1 is 2.00 bits per heavy atom. The van der Waals surface area contributed by atoms with Crippen LogP contribution in [-0.2, 0) is 4.79 Å². The van der Waals surface area contributed by atoms with E-state index in [1.54, 1.807) is 6.92 Å². The summed E-state index contributed by atoms with van der Waals surface area (Å²) in [4.78, 5) is 9.85. The Morgan fingerprint density at radius 2 is 2.20 bits per heavy atom. The molecule has 5 heavy (non-hydrogen) atoms. The van der Waals surface area contributed by atoms with Crippen molar-refractivity contribution in [2.45, 2.75) is 10.6 Å². The zero-order chi connectivity index (χ0) is 4.28. The maximum absolute atomic E-state index is 9.85. The second-order valence-corrected chi connectivity index (χ2v) is 1.76. The van der Waals surface area contributed by atoms with E-state index in [0.29, 0.717) is 5.78 Å². The fraction of sp³-hybridized carbons (Fsp3) is 0.667. The quantitative estimate of drug-likeness (QED) is 0.410. The minimum absolute atomic E-state index is 0.316. The first-order valence-corrected chi connectivity index (χ1v) is 3.18. The second kappa shape index (κ2) is 2.88. The van der Waals surface area contributed by atoms with Crippen LogP contribution in [0.25, 0.3) is 0 Å². The Kier molecular flexibility index (Phi) is 3.27. The van der Waals surface area contributed by atoms with Gasteiger partial charge in [-0.15, -0.1) is 0 Å². The maximum atomic E-state index is 9.85. The third kappa shape index (κ3) is 4.67. The summed E-state index contributed by atoms with van der Waals surface area (Å²) in [5, 5.41) is 0. The van der Waals surface area contributed by atoms with Crippen molar-refractivity contribution in [1.29, 1.82) is 0 Å². The van der Waals surface area contributed by atoms with E-state index >= 15 is 0 Å². The summed E-state index contributed by atoms with van der Waals surface area (Å²) >= 11 is 1.02. The van der Waals surface area contributed by atoms with Gasteiger partial charge in [-0.25, -0.2) is 0 Å². The number of carbonyl (C=O) groups excluding carboxylic acids is 1. The average Bonchev–Trinajstić information content (AvgIpc) is 1.38. The van der Waals surface area contributed by atoms with E-state index in [0.717, 1.165) is 31.6 Å². The molecule has 0 saturated heterocycles. The van der Waals surface area contributed by atoms with E-state index in [-0.39, 0.29) is 0 Å². The molecule has 2 heteroatoms. The van der Waals surface area contributed by atoms with Gasteiger partial charge < -0.3 is 0 Å². The van der Waals surface area contributed by atoms with Gasteiger partial charge in [-0.3, -0.25) is 0 Å². The van der Waals surface area contributed by atoms with Gasteiger partial charge in [-0.1, -0.05) is 0 Å². The first kappa shape index (κ1) is 5.67. The van der Waals surface area contributed by atoms with Crippen LogP contribution >= 0.6 is 0 Å². The van der Waals surface area contributed by atoms with Crippen molar-refractivity contribution >= 4 is 33.7 Å². The van der Waals surface area contributed by atoms with Crippen LogP contribution in [0.1, 0.15) is 6.92 Å². The first-order valence-electron chi connectivity index (χ1n) is 1.76. The summed E-state index contributed by atoms with van der Waals surface area (Å²) in [5.74, 6) is 0.316. The van der Waals surface area contributed by atoms with Crippen molar-refractivity contribution in [3.63, 3.8) is 0 Å². The number of hydrogen-bond acceptors (Lipinski definition) is 1. The molecule has 0 spiro atoms. The normalized spacial score (nSPS) is 7.80. The zero-order valence-corrected chi connectivity index (χ0v) is 5.62. The first-order chi connectivity index (χ1) is 2.27. The molecule has 24 valence electrons. The molecule has 0 aliphatic rings. The predicted octanol–water partition coefficient (Wildman–Crippen LogP) is 0.162. The van der Waals surface area contributed by atoms with Gasteiger partial charge in [0.2, 0.25) is 0 Å². The van der Waals surface area contributed by atoms with Crippen molar-refractivity contribution < 1.29 is 4.79 Å². The molecule has 0 radical (unpaired) electrons. The molecular weight excluding hydrogens is 75.0 g/mol. The summed E-state index contributed by atoms with van der Waals surface area (Å²) in [6.07, 6.45) is 0. The van der Waals surface area contributed by atoms with Gasteiger partial charge in [-0.05, 0) is 0 Å². The Morgan fingerprint density at radius 3 is 2.20 bits per heavy atom. The molecule has 0 bridgehead atoms. The number of carbonyl (C=O) groups is 1. The Hall–Kier alpha value is 0.670. The van der Waals surface area contributed by atoms with Crippen molar-refractivity contribution in [3.8, 4) is 0 Å². The third-order valence-corrected chi connectivity index (χ3v) is 1.49.